The number of carbonyl (C=O) groups is 1. The van der Waals surface area contributed by atoms with Crippen LogP contribution >= 0.6 is 0 Å². The van der Waals surface area contributed by atoms with Crippen LogP contribution in [-0.4, -0.2) is 41.4 Å². The van der Waals surface area contributed by atoms with Crippen molar-refractivity contribution in [1.29, 1.82) is 0 Å². The van der Waals surface area contributed by atoms with E-state index in [1.807, 2.05) is 24.3 Å². The molecule has 2 N–H and O–H groups in total. The maximum Gasteiger partial charge on any atom is 0.236 e. The van der Waals surface area contributed by atoms with Gasteiger partial charge in [-0.3, -0.25) is 14.6 Å². The number of nitrogens with two attached hydrogens (primary N) is 1. The number of benzene rings is 2. The number of hydrogen-bond acceptors (Lipinski definition) is 3. The fraction of sp³-hybridized carbons (Fsp3) is 0.350. The summed E-state index contributed by atoms with van der Waals surface area (Å²) in [4.78, 5) is 16.6. The van der Waals surface area contributed by atoms with E-state index in [9.17, 15) is 4.79 Å². The molecule has 126 valence electrons. The Bertz CT molecular complexity index is 644. The van der Waals surface area contributed by atoms with E-state index < -0.39 is 0 Å². The molecule has 1 amide bonds. The predicted molar refractivity (Wildman–Crippen MR) is 96.2 cm³/mol. The molecule has 4 heteroatoms. The van der Waals surface area contributed by atoms with Gasteiger partial charge in [0, 0.05) is 26.2 Å². The Balaban J connectivity index is 1.70. The van der Waals surface area contributed by atoms with E-state index in [0.717, 1.165) is 32.6 Å². The Labute approximate surface area is 143 Å². The summed E-state index contributed by atoms with van der Waals surface area (Å²) in [5.74, 6) is -0.231. The minimum Gasteiger partial charge on any atom is -0.368 e. The van der Waals surface area contributed by atoms with Crippen molar-refractivity contribution in [2.45, 2.75) is 25.6 Å². The topological polar surface area (TPSA) is 49.6 Å². The highest BCUT2D eigenvalue weighted by atomic mass is 16.1. The second-order valence-electron chi connectivity index (χ2n) is 6.45. The Morgan fingerprint density at radius 1 is 0.917 bits per heavy atom. The molecule has 0 bridgehead atoms. The van der Waals surface area contributed by atoms with Crippen LogP contribution in [-0.2, 0) is 17.9 Å². The molecule has 24 heavy (non-hydrogen) atoms. The Morgan fingerprint density at radius 3 is 2.08 bits per heavy atom. The summed E-state index contributed by atoms with van der Waals surface area (Å²) in [5.41, 5.74) is 8.23. The first-order valence-electron chi connectivity index (χ1n) is 8.56. The van der Waals surface area contributed by atoms with Gasteiger partial charge in [-0.25, -0.2) is 0 Å². The second kappa shape index (κ2) is 8.08. The minimum absolute atomic E-state index is 0.231. The average molecular weight is 323 g/mol. The van der Waals surface area contributed by atoms with Crippen molar-refractivity contribution < 1.29 is 4.79 Å². The number of amides is 1. The normalized spacial score (nSPS) is 19.8. The molecule has 1 aliphatic rings. The van der Waals surface area contributed by atoms with Gasteiger partial charge in [0.2, 0.25) is 5.91 Å². The van der Waals surface area contributed by atoms with Gasteiger partial charge in [-0.15, -0.1) is 0 Å². The summed E-state index contributed by atoms with van der Waals surface area (Å²) in [6.45, 7) is 4.21. The molecule has 0 radical (unpaired) electrons. The molecule has 1 unspecified atom stereocenters. The third-order valence-corrected chi connectivity index (χ3v) is 4.60. The van der Waals surface area contributed by atoms with Crippen molar-refractivity contribution >= 4 is 5.91 Å². The number of primary amides is 1. The lowest BCUT2D eigenvalue weighted by molar-refractivity contribution is -0.123. The number of rotatable bonds is 5. The van der Waals surface area contributed by atoms with Crippen molar-refractivity contribution in [3.8, 4) is 0 Å². The SMILES string of the molecule is NC(=O)C1CN(Cc2ccccc2)CCCN1Cc1ccccc1. The summed E-state index contributed by atoms with van der Waals surface area (Å²) >= 11 is 0. The highest BCUT2D eigenvalue weighted by Crippen LogP contribution is 2.16. The van der Waals surface area contributed by atoms with Gasteiger partial charge in [0.15, 0.2) is 0 Å². The van der Waals surface area contributed by atoms with Crippen molar-refractivity contribution in [3.63, 3.8) is 0 Å². The first-order valence-corrected chi connectivity index (χ1v) is 8.56. The van der Waals surface area contributed by atoms with E-state index in [-0.39, 0.29) is 11.9 Å². The molecular weight excluding hydrogens is 298 g/mol. The zero-order valence-electron chi connectivity index (χ0n) is 14.0. The highest BCUT2D eigenvalue weighted by molar-refractivity contribution is 5.80. The van der Waals surface area contributed by atoms with Crippen molar-refractivity contribution in [1.82, 2.24) is 9.80 Å². The lowest BCUT2D eigenvalue weighted by Crippen LogP contribution is -2.48. The molecule has 0 spiro atoms. The molecule has 0 aromatic heterocycles. The Morgan fingerprint density at radius 2 is 1.50 bits per heavy atom. The van der Waals surface area contributed by atoms with E-state index in [1.54, 1.807) is 0 Å². The molecule has 4 nitrogen and oxygen atoms in total. The molecule has 2 aromatic carbocycles. The third-order valence-electron chi connectivity index (χ3n) is 4.60. The summed E-state index contributed by atoms with van der Waals surface area (Å²) in [6.07, 6.45) is 1.05. The molecule has 2 aromatic rings. The molecular formula is C20H25N3O. The van der Waals surface area contributed by atoms with E-state index in [4.69, 9.17) is 5.73 Å². The van der Waals surface area contributed by atoms with Crippen molar-refractivity contribution in [2.75, 3.05) is 19.6 Å². The van der Waals surface area contributed by atoms with E-state index in [1.165, 1.54) is 11.1 Å². The van der Waals surface area contributed by atoms with E-state index >= 15 is 0 Å². The number of hydrogen-bond donors (Lipinski definition) is 1. The van der Waals surface area contributed by atoms with Crippen LogP contribution in [0.5, 0.6) is 0 Å². The van der Waals surface area contributed by atoms with Gasteiger partial charge in [0.25, 0.3) is 0 Å². The maximum absolute atomic E-state index is 12.1. The minimum atomic E-state index is -0.239. The Kier molecular flexibility index (Phi) is 5.62. The van der Waals surface area contributed by atoms with Crippen LogP contribution in [0.2, 0.25) is 0 Å². The summed E-state index contributed by atoms with van der Waals surface area (Å²) in [6, 6.07) is 20.5. The van der Waals surface area contributed by atoms with Crippen LogP contribution in [0.1, 0.15) is 17.5 Å². The monoisotopic (exact) mass is 323 g/mol. The van der Waals surface area contributed by atoms with Gasteiger partial charge in [-0.2, -0.15) is 0 Å². The highest BCUT2D eigenvalue weighted by Gasteiger charge is 2.29. The average Bonchev–Trinajstić information content (AvgIpc) is 2.79. The largest absolute Gasteiger partial charge is 0.368 e. The lowest BCUT2D eigenvalue weighted by Gasteiger charge is -2.29. The predicted octanol–water partition coefficient (Wildman–Crippen LogP) is 2.25. The maximum atomic E-state index is 12.1. The standard InChI is InChI=1S/C20H25N3O/c21-20(24)19-16-22(14-17-8-3-1-4-9-17)12-7-13-23(19)15-18-10-5-2-6-11-18/h1-6,8-11,19H,7,12-16H2,(H2,21,24). The quantitative estimate of drug-likeness (QED) is 0.918. The van der Waals surface area contributed by atoms with Crippen LogP contribution in [0.15, 0.2) is 60.7 Å². The van der Waals surface area contributed by atoms with Crippen LogP contribution in [0.4, 0.5) is 0 Å². The van der Waals surface area contributed by atoms with Crippen molar-refractivity contribution in [2.24, 2.45) is 5.73 Å². The summed E-state index contributed by atoms with van der Waals surface area (Å²) in [7, 11) is 0. The first-order chi connectivity index (χ1) is 11.7. The van der Waals surface area contributed by atoms with Crippen molar-refractivity contribution in [3.05, 3.63) is 71.8 Å². The fourth-order valence-corrected chi connectivity index (χ4v) is 3.37. The molecule has 1 saturated heterocycles. The molecule has 3 rings (SSSR count). The summed E-state index contributed by atoms with van der Waals surface area (Å²) < 4.78 is 0. The van der Waals surface area contributed by atoms with Crippen LogP contribution in [0, 0.1) is 0 Å². The number of nitrogens with zero attached hydrogens (tertiary/aromatic N) is 2. The second-order valence-corrected chi connectivity index (χ2v) is 6.45. The zero-order chi connectivity index (χ0) is 16.8. The molecule has 1 fully saturated rings. The third kappa shape index (κ3) is 4.43. The van der Waals surface area contributed by atoms with E-state index in [0.29, 0.717) is 6.54 Å². The van der Waals surface area contributed by atoms with Gasteiger partial charge in [0.05, 0.1) is 0 Å². The van der Waals surface area contributed by atoms with Crippen LogP contribution in [0.25, 0.3) is 0 Å². The Hall–Kier alpha value is -2.17. The van der Waals surface area contributed by atoms with Crippen LogP contribution in [0.3, 0.4) is 0 Å². The molecule has 1 aliphatic heterocycles. The fourth-order valence-electron chi connectivity index (χ4n) is 3.37. The van der Waals surface area contributed by atoms with Gasteiger partial charge >= 0.3 is 0 Å². The van der Waals surface area contributed by atoms with Gasteiger partial charge in [0.1, 0.15) is 6.04 Å². The first kappa shape index (κ1) is 16.7. The lowest BCUT2D eigenvalue weighted by atomic mass is 10.1. The molecule has 0 saturated carbocycles. The van der Waals surface area contributed by atoms with E-state index in [2.05, 4.69) is 46.2 Å². The van der Waals surface area contributed by atoms with Gasteiger partial charge in [-0.1, -0.05) is 60.7 Å². The molecule has 1 heterocycles. The summed E-state index contributed by atoms with van der Waals surface area (Å²) in [5, 5.41) is 0. The number of carbonyl (C=O) groups excluding carboxylic acids is 1. The zero-order valence-corrected chi connectivity index (χ0v) is 14.0. The molecule has 1 atom stereocenters. The van der Waals surface area contributed by atoms with Crippen LogP contribution < -0.4 is 5.73 Å². The van der Waals surface area contributed by atoms with Gasteiger partial charge < -0.3 is 5.73 Å². The molecule has 0 aliphatic carbocycles. The smallest absolute Gasteiger partial charge is 0.236 e. The van der Waals surface area contributed by atoms with Gasteiger partial charge in [-0.05, 0) is 24.1 Å².